The molecule has 7 heteroatoms. The van der Waals surface area contributed by atoms with E-state index in [2.05, 4.69) is 0 Å². The van der Waals surface area contributed by atoms with E-state index in [0.29, 0.717) is 0 Å². The lowest BCUT2D eigenvalue weighted by Crippen LogP contribution is -2.59. The molecule has 0 aliphatic carbocycles. The van der Waals surface area contributed by atoms with Crippen LogP contribution in [0.4, 0.5) is 0 Å². The van der Waals surface area contributed by atoms with E-state index in [-0.39, 0.29) is 0 Å². The van der Waals surface area contributed by atoms with Crippen molar-refractivity contribution < 1.29 is 25.3 Å². The van der Waals surface area contributed by atoms with E-state index in [9.17, 15) is 15.2 Å². The summed E-state index contributed by atoms with van der Waals surface area (Å²) < 4.78 is 0. The Morgan fingerprint density at radius 2 is 1.62 bits per heavy atom. The number of nitro groups is 1. The second-order valence-corrected chi connectivity index (χ2v) is 3.11. The van der Waals surface area contributed by atoms with Crippen molar-refractivity contribution in [2.45, 2.75) is 12.6 Å². The molecule has 0 aromatic heterocycles. The first-order valence-electron chi connectivity index (χ1n) is 3.57. The summed E-state index contributed by atoms with van der Waals surface area (Å²) in [6.07, 6.45) is 0. The maximum atomic E-state index is 10.4. The fraction of sp³-hybridized carbons (Fsp3) is 1.00. The number of nitrogens with zero attached hydrogens (tertiary/aromatic N) is 1. The van der Waals surface area contributed by atoms with Crippen LogP contribution in [0.1, 0.15) is 6.92 Å². The molecule has 0 bridgehead atoms. The first kappa shape index (κ1) is 12.2. The third-order valence-corrected chi connectivity index (χ3v) is 2.19. The lowest BCUT2D eigenvalue weighted by molar-refractivity contribution is -0.652. The molecule has 0 saturated carbocycles. The van der Waals surface area contributed by atoms with Gasteiger partial charge in [0.1, 0.15) is 12.0 Å². The average Bonchev–Trinajstić information content (AvgIpc) is 2.14. The van der Waals surface area contributed by atoms with E-state index in [4.69, 9.17) is 15.3 Å². The molecule has 0 aromatic rings. The van der Waals surface area contributed by atoms with Gasteiger partial charge in [-0.2, -0.15) is 0 Å². The van der Waals surface area contributed by atoms with Gasteiger partial charge < -0.3 is 20.4 Å². The van der Waals surface area contributed by atoms with Gasteiger partial charge in [0.05, 0.1) is 18.1 Å². The Bertz CT molecular complexity index is 192. The lowest BCUT2D eigenvalue weighted by Gasteiger charge is -2.33. The summed E-state index contributed by atoms with van der Waals surface area (Å²) in [4.78, 5) is 9.26. The molecule has 0 fully saturated rings. The van der Waals surface area contributed by atoms with Gasteiger partial charge in [0, 0.05) is 0 Å². The predicted octanol–water partition coefficient (Wildman–Crippen LogP) is -2.07. The number of aliphatic hydroxyl groups excluding tert-OH is 3. The van der Waals surface area contributed by atoms with Crippen LogP contribution in [0.25, 0.3) is 0 Å². The van der Waals surface area contributed by atoms with Crippen LogP contribution in [0.5, 0.6) is 0 Å². The Labute approximate surface area is 74.4 Å². The molecule has 0 radical (unpaired) electrons. The largest absolute Gasteiger partial charge is 0.395 e. The zero-order valence-electron chi connectivity index (χ0n) is 7.17. The molecule has 0 aromatic carbocycles. The minimum absolute atomic E-state index is 0.804. The Morgan fingerprint density at radius 1 is 1.23 bits per heavy atom. The minimum Gasteiger partial charge on any atom is -0.395 e. The highest BCUT2D eigenvalue weighted by molar-refractivity contribution is 4.87. The van der Waals surface area contributed by atoms with Gasteiger partial charge in [-0.15, -0.1) is 0 Å². The van der Waals surface area contributed by atoms with Crippen LogP contribution in [0.3, 0.4) is 0 Å². The number of hydrogen-bond acceptors (Lipinski definition) is 6. The summed E-state index contributed by atoms with van der Waals surface area (Å²) in [7, 11) is 0. The van der Waals surface area contributed by atoms with E-state index in [1.807, 2.05) is 0 Å². The topological polar surface area (TPSA) is 124 Å². The number of hydrogen-bond donors (Lipinski definition) is 4. The smallest absolute Gasteiger partial charge is 0.355 e. The molecule has 4 N–H and O–H groups in total. The molecule has 0 spiro atoms. The molecule has 0 rings (SSSR count). The predicted molar refractivity (Wildman–Crippen MR) is 41.3 cm³/mol. The van der Waals surface area contributed by atoms with Gasteiger partial charge in [-0.3, -0.25) is 10.1 Å². The van der Waals surface area contributed by atoms with Crippen molar-refractivity contribution in [3.05, 3.63) is 10.1 Å². The van der Waals surface area contributed by atoms with Gasteiger partial charge in [0.2, 0.25) is 0 Å². The SMILES string of the molecule is CC(CO)(CO)C(O)(CO)[N+](=O)[O-]. The van der Waals surface area contributed by atoms with Crippen molar-refractivity contribution in [1.82, 2.24) is 0 Å². The molecule has 1 unspecified atom stereocenters. The maximum absolute atomic E-state index is 10.4. The lowest BCUT2D eigenvalue weighted by atomic mass is 9.81. The zero-order chi connectivity index (χ0) is 10.7. The maximum Gasteiger partial charge on any atom is 0.355 e. The second-order valence-electron chi connectivity index (χ2n) is 3.11. The highest BCUT2D eigenvalue weighted by atomic mass is 16.7. The standard InChI is InChI=1S/C6H13NO6/c1-5(2-8,3-9)6(11,4-10)7(12)13/h8-11H,2-4H2,1H3. The van der Waals surface area contributed by atoms with E-state index in [1.165, 1.54) is 0 Å². The van der Waals surface area contributed by atoms with Gasteiger partial charge >= 0.3 is 5.72 Å². The zero-order valence-corrected chi connectivity index (χ0v) is 7.17. The van der Waals surface area contributed by atoms with Crippen molar-refractivity contribution in [2.75, 3.05) is 19.8 Å². The molecular weight excluding hydrogens is 182 g/mol. The molecule has 0 saturated heterocycles. The summed E-state index contributed by atoms with van der Waals surface area (Å²) in [5.74, 6) is 0. The summed E-state index contributed by atoms with van der Waals surface area (Å²) in [5, 5.41) is 45.9. The summed E-state index contributed by atoms with van der Waals surface area (Å²) in [6, 6.07) is 0. The van der Waals surface area contributed by atoms with Crippen LogP contribution < -0.4 is 0 Å². The molecule has 0 aliphatic rings. The number of aliphatic hydroxyl groups is 4. The van der Waals surface area contributed by atoms with Crippen molar-refractivity contribution in [3.8, 4) is 0 Å². The molecule has 78 valence electrons. The molecular formula is C6H13NO6. The van der Waals surface area contributed by atoms with Gasteiger partial charge in [0.25, 0.3) is 0 Å². The van der Waals surface area contributed by atoms with Gasteiger partial charge in [0.15, 0.2) is 0 Å². The van der Waals surface area contributed by atoms with Crippen LogP contribution in [0, 0.1) is 15.5 Å². The van der Waals surface area contributed by atoms with Crippen molar-refractivity contribution in [3.63, 3.8) is 0 Å². The fourth-order valence-corrected chi connectivity index (χ4v) is 0.772. The van der Waals surface area contributed by atoms with Crippen LogP contribution >= 0.6 is 0 Å². The summed E-state index contributed by atoms with van der Waals surface area (Å²) in [5.41, 5.74) is -4.50. The molecule has 0 heterocycles. The Morgan fingerprint density at radius 3 is 1.69 bits per heavy atom. The van der Waals surface area contributed by atoms with Gasteiger partial charge in [-0.1, -0.05) is 0 Å². The van der Waals surface area contributed by atoms with Crippen LogP contribution in [-0.4, -0.2) is 50.9 Å². The monoisotopic (exact) mass is 195 g/mol. The fourth-order valence-electron chi connectivity index (χ4n) is 0.772. The molecule has 7 nitrogen and oxygen atoms in total. The van der Waals surface area contributed by atoms with Crippen molar-refractivity contribution in [2.24, 2.45) is 5.41 Å². The Balaban J connectivity index is 5.03. The van der Waals surface area contributed by atoms with Crippen LogP contribution in [0.2, 0.25) is 0 Å². The molecule has 13 heavy (non-hydrogen) atoms. The molecule has 0 amide bonds. The molecule has 0 aliphatic heterocycles. The highest BCUT2D eigenvalue weighted by Gasteiger charge is 2.57. The third kappa shape index (κ3) is 1.78. The Hall–Kier alpha value is -0.760. The first-order chi connectivity index (χ1) is 5.88. The quantitative estimate of drug-likeness (QED) is 0.227. The average molecular weight is 195 g/mol. The summed E-state index contributed by atoms with van der Waals surface area (Å²) in [6.45, 7) is -1.67. The highest BCUT2D eigenvalue weighted by Crippen LogP contribution is 2.30. The van der Waals surface area contributed by atoms with E-state index in [0.717, 1.165) is 6.92 Å². The van der Waals surface area contributed by atoms with E-state index < -0.39 is 35.9 Å². The second kappa shape index (κ2) is 3.97. The normalized spacial score (nSPS) is 16.7. The van der Waals surface area contributed by atoms with E-state index in [1.54, 1.807) is 0 Å². The van der Waals surface area contributed by atoms with Crippen molar-refractivity contribution in [1.29, 1.82) is 0 Å². The van der Waals surface area contributed by atoms with Crippen LogP contribution in [0.15, 0.2) is 0 Å². The van der Waals surface area contributed by atoms with E-state index >= 15 is 0 Å². The third-order valence-electron chi connectivity index (χ3n) is 2.19. The van der Waals surface area contributed by atoms with Gasteiger partial charge in [-0.05, 0) is 6.92 Å². The van der Waals surface area contributed by atoms with Crippen molar-refractivity contribution >= 4 is 0 Å². The van der Waals surface area contributed by atoms with Gasteiger partial charge in [-0.25, -0.2) is 0 Å². The minimum atomic E-state index is -2.73. The number of rotatable bonds is 5. The molecule has 1 atom stereocenters. The summed E-state index contributed by atoms with van der Waals surface area (Å²) >= 11 is 0. The first-order valence-corrected chi connectivity index (χ1v) is 3.57. The Kier molecular flexibility index (Phi) is 3.73. The van der Waals surface area contributed by atoms with Crippen LogP contribution in [-0.2, 0) is 0 Å².